The van der Waals surface area contributed by atoms with E-state index in [0.717, 1.165) is 12.8 Å². The van der Waals surface area contributed by atoms with Gasteiger partial charge in [0.1, 0.15) is 0 Å². The highest BCUT2D eigenvalue weighted by Gasteiger charge is 2.20. The highest BCUT2D eigenvalue weighted by Crippen LogP contribution is 2.10. The molecule has 0 radical (unpaired) electrons. The molecule has 1 saturated heterocycles. The van der Waals surface area contributed by atoms with Gasteiger partial charge in [-0.3, -0.25) is 0 Å². The number of nitrogens with one attached hydrogen (secondary N) is 2. The largest absolute Gasteiger partial charge is 0.480 e. The number of carboxylic acid groups (broad SMARTS) is 1. The van der Waals surface area contributed by atoms with Gasteiger partial charge in [-0.05, 0) is 12.8 Å². The minimum Gasteiger partial charge on any atom is -0.480 e. The lowest BCUT2D eigenvalue weighted by atomic mass is 10.2. The van der Waals surface area contributed by atoms with E-state index in [1.165, 1.54) is 0 Å². The monoisotopic (exact) mass is 232 g/mol. The zero-order valence-corrected chi connectivity index (χ0v) is 8.81. The van der Waals surface area contributed by atoms with Crippen molar-refractivity contribution in [2.75, 3.05) is 19.8 Å². The minimum absolute atomic E-state index is 0.00292. The molecule has 0 bridgehead atoms. The number of rotatable bonds is 5. The van der Waals surface area contributed by atoms with E-state index < -0.39 is 24.6 Å². The van der Waals surface area contributed by atoms with Gasteiger partial charge in [0.05, 0.1) is 12.7 Å². The molecule has 0 aromatic heterocycles. The van der Waals surface area contributed by atoms with Crippen LogP contribution in [0.2, 0.25) is 0 Å². The third-order valence-electron chi connectivity index (χ3n) is 2.30. The van der Waals surface area contributed by atoms with Gasteiger partial charge in [-0.2, -0.15) is 0 Å². The van der Waals surface area contributed by atoms with Crippen molar-refractivity contribution in [3.05, 3.63) is 0 Å². The Balaban J connectivity index is 2.21. The maximum absolute atomic E-state index is 11.2. The Labute approximate surface area is 92.8 Å². The summed E-state index contributed by atoms with van der Waals surface area (Å²) in [5.41, 5.74) is 0. The van der Waals surface area contributed by atoms with Gasteiger partial charge >= 0.3 is 12.0 Å². The van der Waals surface area contributed by atoms with Crippen molar-refractivity contribution in [1.29, 1.82) is 0 Å². The quantitative estimate of drug-likeness (QED) is 0.481. The average molecular weight is 232 g/mol. The zero-order valence-electron chi connectivity index (χ0n) is 8.81. The third kappa shape index (κ3) is 4.03. The predicted octanol–water partition coefficient (Wildman–Crippen LogP) is -1.09. The van der Waals surface area contributed by atoms with Crippen LogP contribution in [0.15, 0.2) is 0 Å². The van der Waals surface area contributed by atoms with Gasteiger partial charge in [0.25, 0.3) is 0 Å². The normalized spacial score (nSPS) is 21.4. The summed E-state index contributed by atoms with van der Waals surface area (Å²) < 4.78 is 5.27. The zero-order chi connectivity index (χ0) is 12.0. The van der Waals surface area contributed by atoms with Crippen LogP contribution in [0, 0.1) is 0 Å². The standard InChI is InChI=1S/C9H16N2O5/c12-5-7(8(13)14)11-9(15)10-4-6-2-1-3-16-6/h6-7,12H,1-5H2,(H,13,14)(H2,10,11,15). The number of aliphatic hydroxyl groups is 1. The molecule has 7 heteroatoms. The van der Waals surface area contributed by atoms with E-state index in [0.29, 0.717) is 13.2 Å². The smallest absolute Gasteiger partial charge is 0.328 e. The SMILES string of the molecule is O=C(NCC1CCCO1)NC(CO)C(=O)O. The molecular weight excluding hydrogens is 216 g/mol. The molecule has 1 heterocycles. The summed E-state index contributed by atoms with van der Waals surface area (Å²) in [6.45, 7) is 0.411. The van der Waals surface area contributed by atoms with Crippen LogP contribution in [0.4, 0.5) is 4.79 Å². The molecule has 2 unspecified atom stereocenters. The van der Waals surface area contributed by atoms with Crippen LogP contribution < -0.4 is 10.6 Å². The molecular formula is C9H16N2O5. The molecule has 0 spiro atoms. The number of aliphatic carboxylic acids is 1. The summed E-state index contributed by atoms with van der Waals surface area (Å²) in [6, 6.07) is -1.89. The summed E-state index contributed by atoms with van der Waals surface area (Å²) >= 11 is 0. The maximum atomic E-state index is 11.2. The fourth-order valence-corrected chi connectivity index (χ4v) is 1.41. The van der Waals surface area contributed by atoms with Crippen LogP contribution in [0.5, 0.6) is 0 Å². The number of hydrogen-bond acceptors (Lipinski definition) is 4. The molecule has 2 amide bonds. The number of hydrogen-bond donors (Lipinski definition) is 4. The van der Waals surface area contributed by atoms with Crippen molar-refractivity contribution >= 4 is 12.0 Å². The van der Waals surface area contributed by atoms with Crippen LogP contribution in [0.25, 0.3) is 0 Å². The van der Waals surface area contributed by atoms with Gasteiger partial charge in [0, 0.05) is 13.2 Å². The molecule has 1 aliphatic rings. The molecule has 1 aliphatic heterocycles. The number of ether oxygens (including phenoxy) is 1. The molecule has 7 nitrogen and oxygen atoms in total. The van der Waals surface area contributed by atoms with Crippen LogP contribution in [-0.4, -0.2) is 54.1 Å². The summed E-state index contributed by atoms with van der Waals surface area (Å²) in [4.78, 5) is 21.7. The van der Waals surface area contributed by atoms with E-state index in [2.05, 4.69) is 10.6 Å². The summed E-state index contributed by atoms with van der Waals surface area (Å²) in [5, 5.41) is 21.9. The van der Waals surface area contributed by atoms with Crippen molar-refractivity contribution in [3.8, 4) is 0 Å². The van der Waals surface area contributed by atoms with Crippen molar-refractivity contribution in [2.45, 2.75) is 25.0 Å². The molecule has 1 rings (SSSR count). The average Bonchev–Trinajstić information content (AvgIpc) is 2.75. The van der Waals surface area contributed by atoms with Gasteiger partial charge in [0.15, 0.2) is 6.04 Å². The number of urea groups is 1. The van der Waals surface area contributed by atoms with E-state index in [9.17, 15) is 9.59 Å². The Hall–Kier alpha value is -1.34. The van der Waals surface area contributed by atoms with Gasteiger partial charge in [0.2, 0.25) is 0 Å². The molecule has 92 valence electrons. The predicted molar refractivity (Wildman–Crippen MR) is 54.0 cm³/mol. The van der Waals surface area contributed by atoms with Gasteiger partial charge in [-0.1, -0.05) is 0 Å². The van der Waals surface area contributed by atoms with E-state index in [1.54, 1.807) is 0 Å². The van der Waals surface area contributed by atoms with Crippen LogP contribution >= 0.6 is 0 Å². The molecule has 2 atom stereocenters. The van der Waals surface area contributed by atoms with Crippen LogP contribution in [0.3, 0.4) is 0 Å². The van der Waals surface area contributed by atoms with Crippen molar-refractivity contribution in [1.82, 2.24) is 10.6 Å². The topological polar surface area (TPSA) is 108 Å². The van der Waals surface area contributed by atoms with Gasteiger partial charge in [-0.15, -0.1) is 0 Å². The minimum atomic E-state index is -1.27. The molecule has 1 fully saturated rings. The first kappa shape index (κ1) is 12.7. The second-order valence-corrected chi connectivity index (χ2v) is 3.56. The summed E-state index contributed by atoms with van der Waals surface area (Å²) in [6.07, 6.45) is 1.87. The Morgan fingerprint density at radius 1 is 1.50 bits per heavy atom. The van der Waals surface area contributed by atoms with Gasteiger partial charge < -0.3 is 25.6 Å². The fourth-order valence-electron chi connectivity index (χ4n) is 1.41. The second-order valence-electron chi connectivity index (χ2n) is 3.56. The number of carboxylic acids is 1. The van der Waals surface area contributed by atoms with Crippen LogP contribution in [-0.2, 0) is 9.53 Å². The van der Waals surface area contributed by atoms with Crippen LogP contribution in [0.1, 0.15) is 12.8 Å². The Bertz CT molecular complexity index is 252. The lowest BCUT2D eigenvalue weighted by Crippen LogP contribution is -2.49. The molecule has 0 aromatic rings. The highest BCUT2D eigenvalue weighted by atomic mass is 16.5. The van der Waals surface area contributed by atoms with Gasteiger partial charge in [-0.25, -0.2) is 9.59 Å². The number of carbonyl (C=O) groups excluding carboxylic acids is 1. The van der Waals surface area contributed by atoms with Crippen molar-refractivity contribution in [2.24, 2.45) is 0 Å². The Morgan fingerprint density at radius 2 is 2.25 bits per heavy atom. The Morgan fingerprint density at radius 3 is 2.75 bits per heavy atom. The van der Waals surface area contributed by atoms with E-state index >= 15 is 0 Å². The lowest BCUT2D eigenvalue weighted by molar-refractivity contribution is -0.140. The van der Waals surface area contributed by atoms with Crippen molar-refractivity contribution < 1.29 is 24.5 Å². The Kier molecular flexibility index (Phi) is 5.00. The molecule has 16 heavy (non-hydrogen) atoms. The summed E-state index contributed by atoms with van der Waals surface area (Å²) in [5.74, 6) is -1.27. The number of carbonyl (C=O) groups is 2. The van der Waals surface area contributed by atoms with E-state index in [-0.39, 0.29) is 6.10 Å². The highest BCUT2D eigenvalue weighted by molar-refractivity contribution is 5.82. The molecule has 0 aliphatic carbocycles. The molecule has 0 aromatic carbocycles. The lowest BCUT2D eigenvalue weighted by Gasteiger charge is -2.14. The molecule has 4 N–H and O–H groups in total. The van der Waals surface area contributed by atoms with Crippen molar-refractivity contribution in [3.63, 3.8) is 0 Å². The first-order chi connectivity index (χ1) is 7.63. The first-order valence-electron chi connectivity index (χ1n) is 5.13. The first-order valence-corrected chi connectivity index (χ1v) is 5.13. The summed E-state index contributed by atoms with van der Waals surface area (Å²) in [7, 11) is 0. The fraction of sp³-hybridized carbons (Fsp3) is 0.778. The number of aliphatic hydroxyl groups excluding tert-OH is 1. The molecule has 0 saturated carbocycles. The second kappa shape index (κ2) is 6.29. The van der Waals surface area contributed by atoms with E-state index in [1.807, 2.05) is 0 Å². The number of amides is 2. The van der Waals surface area contributed by atoms with E-state index in [4.69, 9.17) is 14.9 Å². The maximum Gasteiger partial charge on any atom is 0.328 e. The third-order valence-corrected chi connectivity index (χ3v) is 2.30.